The number of fused-ring (bicyclic) bond motifs is 1. The van der Waals surface area contributed by atoms with Crippen molar-refractivity contribution in [1.82, 2.24) is 14.8 Å². The number of nitrogens with zero attached hydrogens (tertiary/aromatic N) is 3. The van der Waals surface area contributed by atoms with Crippen LogP contribution in [0.25, 0.3) is 10.9 Å². The Hall–Kier alpha value is -1.64. The molecule has 0 aliphatic carbocycles. The van der Waals surface area contributed by atoms with E-state index in [1.165, 1.54) is 6.42 Å². The van der Waals surface area contributed by atoms with E-state index in [2.05, 4.69) is 47.4 Å². The van der Waals surface area contributed by atoms with Gasteiger partial charge in [0.25, 0.3) is 0 Å². The first-order chi connectivity index (χ1) is 10.0. The summed E-state index contributed by atoms with van der Waals surface area (Å²) in [6.07, 6.45) is 9.12. The average Bonchev–Trinajstić information content (AvgIpc) is 2.89. The lowest BCUT2D eigenvalue weighted by Crippen LogP contribution is -2.18. The lowest BCUT2D eigenvalue weighted by molar-refractivity contribution is -0.0390. The van der Waals surface area contributed by atoms with E-state index in [4.69, 9.17) is 4.74 Å². The molecule has 0 N–H and O–H groups in total. The summed E-state index contributed by atoms with van der Waals surface area (Å²) in [4.78, 5) is 4.27. The molecule has 0 spiro atoms. The van der Waals surface area contributed by atoms with Crippen molar-refractivity contribution in [2.75, 3.05) is 6.61 Å². The van der Waals surface area contributed by atoms with Crippen molar-refractivity contribution in [3.8, 4) is 11.5 Å². The maximum atomic E-state index is 5.80. The maximum absolute atomic E-state index is 5.80. The minimum atomic E-state index is -1.39. The number of rotatable bonds is 1. The first-order valence-corrected chi connectivity index (χ1v) is 11.0. The summed E-state index contributed by atoms with van der Waals surface area (Å²) in [6.45, 7) is 7.55. The molecule has 21 heavy (non-hydrogen) atoms. The van der Waals surface area contributed by atoms with Crippen LogP contribution in [0.15, 0.2) is 18.6 Å². The van der Waals surface area contributed by atoms with Gasteiger partial charge in [0.05, 0.1) is 11.8 Å². The van der Waals surface area contributed by atoms with Crippen LogP contribution < -0.4 is 0 Å². The highest BCUT2D eigenvalue weighted by atomic mass is 28.3. The van der Waals surface area contributed by atoms with Gasteiger partial charge in [-0.1, -0.05) is 25.6 Å². The number of hydrogen-bond donors (Lipinski definition) is 0. The Morgan fingerprint density at radius 1 is 1.29 bits per heavy atom. The van der Waals surface area contributed by atoms with Crippen LogP contribution in [0.2, 0.25) is 19.6 Å². The van der Waals surface area contributed by atoms with Gasteiger partial charge in [-0.15, -0.1) is 5.54 Å². The Labute approximate surface area is 126 Å². The molecule has 2 aromatic heterocycles. The summed E-state index contributed by atoms with van der Waals surface area (Å²) in [5.41, 5.74) is 5.26. The molecule has 1 aliphatic rings. The molecule has 0 bridgehead atoms. The van der Waals surface area contributed by atoms with Crippen LogP contribution in [0.4, 0.5) is 0 Å². The predicted octanol–water partition coefficient (Wildman–Crippen LogP) is 3.36. The lowest BCUT2D eigenvalue weighted by atomic mass is 10.2. The van der Waals surface area contributed by atoms with Gasteiger partial charge in [-0.25, -0.2) is 4.68 Å². The van der Waals surface area contributed by atoms with E-state index < -0.39 is 8.07 Å². The molecule has 1 aliphatic heterocycles. The third-order valence-corrected chi connectivity index (χ3v) is 4.35. The molecular weight excluding hydrogens is 278 g/mol. The summed E-state index contributed by atoms with van der Waals surface area (Å²) in [7, 11) is -1.39. The molecule has 5 heteroatoms. The summed E-state index contributed by atoms with van der Waals surface area (Å²) in [5, 5.41) is 5.69. The highest BCUT2D eigenvalue weighted by molar-refractivity contribution is 6.83. The predicted molar refractivity (Wildman–Crippen MR) is 86.6 cm³/mol. The average molecular weight is 299 g/mol. The Morgan fingerprint density at radius 2 is 2.14 bits per heavy atom. The van der Waals surface area contributed by atoms with Crippen LogP contribution in [-0.4, -0.2) is 29.4 Å². The van der Waals surface area contributed by atoms with Gasteiger partial charge in [-0.3, -0.25) is 4.98 Å². The molecule has 1 fully saturated rings. The van der Waals surface area contributed by atoms with Crippen molar-refractivity contribution in [1.29, 1.82) is 0 Å². The van der Waals surface area contributed by atoms with Crippen LogP contribution in [-0.2, 0) is 4.74 Å². The van der Waals surface area contributed by atoms with E-state index in [9.17, 15) is 0 Å². The van der Waals surface area contributed by atoms with E-state index in [0.717, 1.165) is 35.9 Å². The molecule has 1 unspecified atom stereocenters. The van der Waals surface area contributed by atoms with Gasteiger partial charge in [0.1, 0.15) is 19.8 Å². The Kier molecular flexibility index (Phi) is 3.83. The normalized spacial score (nSPS) is 19.3. The monoisotopic (exact) mass is 299 g/mol. The van der Waals surface area contributed by atoms with E-state index >= 15 is 0 Å². The fourth-order valence-electron chi connectivity index (χ4n) is 2.39. The maximum Gasteiger partial charge on any atom is 0.150 e. The van der Waals surface area contributed by atoms with E-state index in [1.807, 2.05) is 10.9 Å². The molecule has 3 heterocycles. The van der Waals surface area contributed by atoms with Gasteiger partial charge in [-0.05, 0) is 19.3 Å². The van der Waals surface area contributed by atoms with E-state index in [1.54, 1.807) is 6.20 Å². The van der Waals surface area contributed by atoms with Gasteiger partial charge < -0.3 is 4.74 Å². The second kappa shape index (κ2) is 5.62. The molecule has 110 valence electrons. The van der Waals surface area contributed by atoms with E-state index in [-0.39, 0.29) is 6.23 Å². The topological polar surface area (TPSA) is 39.9 Å². The molecule has 4 nitrogen and oxygen atoms in total. The van der Waals surface area contributed by atoms with Crippen LogP contribution >= 0.6 is 0 Å². The van der Waals surface area contributed by atoms with Gasteiger partial charge >= 0.3 is 0 Å². The first-order valence-electron chi connectivity index (χ1n) is 7.51. The van der Waals surface area contributed by atoms with Crippen LogP contribution in [0, 0.1) is 11.5 Å². The number of pyridine rings is 1. The van der Waals surface area contributed by atoms with Crippen LogP contribution in [0.1, 0.15) is 31.1 Å². The first kappa shape index (κ1) is 14.3. The smallest absolute Gasteiger partial charge is 0.150 e. The van der Waals surface area contributed by atoms with Crippen molar-refractivity contribution in [3.05, 3.63) is 24.2 Å². The molecule has 1 atom stereocenters. The molecule has 0 amide bonds. The number of ether oxygens (including phenoxy) is 1. The van der Waals surface area contributed by atoms with Crippen molar-refractivity contribution in [2.24, 2.45) is 0 Å². The Bertz CT molecular complexity index is 700. The quantitative estimate of drug-likeness (QED) is 0.599. The third-order valence-electron chi connectivity index (χ3n) is 3.47. The number of aromatic nitrogens is 3. The Morgan fingerprint density at radius 3 is 2.86 bits per heavy atom. The highest BCUT2D eigenvalue weighted by Gasteiger charge is 2.17. The second-order valence-corrected chi connectivity index (χ2v) is 11.3. The fraction of sp³-hybridized carbons (Fsp3) is 0.500. The molecular formula is C16H21N3OSi. The summed E-state index contributed by atoms with van der Waals surface area (Å²) < 4.78 is 7.73. The van der Waals surface area contributed by atoms with Crippen molar-refractivity contribution in [3.63, 3.8) is 0 Å². The van der Waals surface area contributed by atoms with Gasteiger partial charge in [0.2, 0.25) is 0 Å². The van der Waals surface area contributed by atoms with Crippen LogP contribution in [0.5, 0.6) is 0 Å². The highest BCUT2D eigenvalue weighted by Crippen LogP contribution is 2.24. The largest absolute Gasteiger partial charge is 0.357 e. The molecule has 3 rings (SSSR count). The SMILES string of the molecule is C[Si](C)(C)C#Cc1cncc2nn(C3CCCCO3)cc12. The lowest BCUT2D eigenvalue weighted by Gasteiger charge is -2.22. The zero-order chi connectivity index (χ0) is 14.9. The molecule has 0 aromatic carbocycles. The van der Waals surface area contributed by atoms with Crippen molar-refractivity contribution in [2.45, 2.75) is 45.1 Å². The van der Waals surface area contributed by atoms with Gasteiger partial charge in [0, 0.05) is 24.4 Å². The zero-order valence-corrected chi connectivity index (χ0v) is 13.9. The van der Waals surface area contributed by atoms with E-state index in [0.29, 0.717) is 0 Å². The molecule has 0 saturated carbocycles. The second-order valence-electron chi connectivity index (χ2n) is 6.55. The van der Waals surface area contributed by atoms with Gasteiger partial charge in [-0.2, -0.15) is 5.10 Å². The van der Waals surface area contributed by atoms with Gasteiger partial charge in [0.15, 0.2) is 0 Å². The number of hydrogen-bond acceptors (Lipinski definition) is 3. The summed E-state index contributed by atoms with van der Waals surface area (Å²) in [6, 6.07) is 0. The summed E-state index contributed by atoms with van der Waals surface area (Å²) >= 11 is 0. The minimum Gasteiger partial charge on any atom is -0.357 e. The molecule has 2 aromatic rings. The van der Waals surface area contributed by atoms with Crippen molar-refractivity contribution < 1.29 is 4.74 Å². The Balaban J connectivity index is 1.98. The fourth-order valence-corrected chi connectivity index (χ4v) is 2.90. The standard InChI is InChI=1S/C16H21N3OSi/c1-21(2,3)9-7-13-10-17-11-15-14(13)12-19(18-15)16-6-4-5-8-20-16/h10-12,16H,4-6,8H2,1-3H3. The molecule has 1 saturated heterocycles. The summed E-state index contributed by atoms with van der Waals surface area (Å²) in [5.74, 6) is 3.30. The van der Waals surface area contributed by atoms with Crippen LogP contribution in [0.3, 0.4) is 0 Å². The third kappa shape index (κ3) is 3.34. The molecule has 0 radical (unpaired) electrons. The minimum absolute atomic E-state index is 0.0592. The zero-order valence-electron chi connectivity index (χ0n) is 12.9. The van der Waals surface area contributed by atoms with Crippen molar-refractivity contribution >= 4 is 19.0 Å².